The fourth-order valence-electron chi connectivity index (χ4n) is 3.25. The molecule has 0 bridgehead atoms. The molecule has 0 spiro atoms. The molecule has 1 atom stereocenters. The van der Waals surface area contributed by atoms with Gasteiger partial charge in [0.2, 0.25) is 5.91 Å². The predicted octanol–water partition coefficient (Wildman–Crippen LogP) is 1.91. The normalized spacial score (nSPS) is 17.5. The first-order chi connectivity index (χ1) is 11.7. The minimum atomic E-state index is -0.170. The fraction of sp³-hybridized carbons (Fsp3) is 0.444. The van der Waals surface area contributed by atoms with Gasteiger partial charge in [0.1, 0.15) is 5.01 Å². The van der Waals surface area contributed by atoms with Gasteiger partial charge in [0.15, 0.2) is 0 Å². The zero-order chi connectivity index (χ0) is 16.9. The van der Waals surface area contributed by atoms with Crippen LogP contribution in [0.15, 0.2) is 35.8 Å². The van der Waals surface area contributed by atoms with Gasteiger partial charge in [0.05, 0.1) is 19.2 Å². The van der Waals surface area contributed by atoms with Crippen LogP contribution in [-0.4, -0.2) is 51.5 Å². The maximum Gasteiger partial charge on any atom is 0.240 e. The molecule has 1 N–H and O–H groups in total. The summed E-state index contributed by atoms with van der Waals surface area (Å²) in [7, 11) is 0. The topological polar surface area (TPSA) is 56.7 Å². The number of benzene rings is 1. The maximum atomic E-state index is 13.1. The third-order valence-electron chi connectivity index (χ3n) is 4.53. The second kappa shape index (κ2) is 7.88. The Labute approximate surface area is 146 Å². The maximum absolute atomic E-state index is 13.1. The van der Waals surface area contributed by atoms with Gasteiger partial charge in [0.25, 0.3) is 0 Å². The molecule has 1 aliphatic heterocycles. The third-order valence-corrected chi connectivity index (χ3v) is 5.29. The van der Waals surface area contributed by atoms with E-state index in [1.807, 2.05) is 11.4 Å². The van der Waals surface area contributed by atoms with Crippen molar-refractivity contribution in [1.82, 2.24) is 14.8 Å². The first kappa shape index (κ1) is 17.1. The summed E-state index contributed by atoms with van der Waals surface area (Å²) in [6, 6.07) is 8.16. The molecule has 1 aromatic carbocycles. The number of hydrogen-bond acceptors (Lipinski definition) is 5. The van der Waals surface area contributed by atoms with E-state index in [-0.39, 0.29) is 18.6 Å². The highest BCUT2D eigenvalue weighted by molar-refractivity contribution is 7.09. The molecule has 2 heterocycles. The van der Waals surface area contributed by atoms with Crippen LogP contribution in [0.1, 0.15) is 23.1 Å². The van der Waals surface area contributed by atoms with E-state index in [0.29, 0.717) is 13.1 Å². The van der Waals surface area contributed by atoms with E-state index in [1.165, 1.54) is 22.5 Å². The number of amides is 1. The van der Waals surface area contributed by atoms with Gasteiger partial charge in [-0.2, -0.15) is 0 Å². The molecule has 1 aromatic heterocycles. The van der Waals surface area contributed by atoms with Crippen LogP contribution in [0.25, 0.3) is 0 Å². The molecule has 0 unspecified atom stereocenters. The van der Waals surface area contributed by atoms with E-state index < -0.39 is 0 Å². The van der Waals surface area contributed by atoms with E-state index in [9.17, 15) is 9.90 Å². The van der Waals surface area contributed by atoms with Crippen LogP contribution in [-0.2, 0) is 24.3 Å². The molecule has 5 nitrogen and oxygen atoms in total. The van der Waals surface area contributed by atoms with Crippen molar-refractivity contribution >= 4 is 17.2 Å². The second-order valence-corrected chi connectivity index (χ2v) is 6.94. The lowest BCUT2D eigenvalue weighted by Gasteiger charge is -2.37. The summed E-state index contributed by atoms with van der Waals surface area (Å²) >= 11 is 1.54. The highest BCUT2D eigenvalue weighted by Gasteiger charge is 2.33. The Morgan fingerprint density at radius 2 is 2.21 bits per heavy atom. The van der Waals surface area contributed by atoms with Crippen molar-refractivity contribution in [2.24, 2.45) is 0 Å². The number of aliphatic hydroxyl groups excluding tert-OH is 1. The van der Waals surface area contributed by atoms with Crippen molar-refractivity contribution in [3.63, 3.8) is 0 Å². The molecule has 0 saturated carbocycles. The Hall–Kier alpha value is -1.76. The molecule has 3 rings (SSSR count). The number of hydrogen-bond donors (Lipinski definition) is 1. The lowest BCUT2D eigenvalue weighted by Crippen LogP contribution is -2.51. The minimum absolute atomic E-state index is 0.0352. The first-order valence-corrected chi connectivity index (χ1v) is 9.19. The van der Waals surface area contributed by atoms with E-state index in [0.717, 1.165) is 24.5 Å². The third kappa shape index (κ3) is 3.66. The number of likely N-dealkylation sites (N-methyl/N-ethyl adjacent to an activating group) is 1. The molecule has 0 saturated heterocycles. The standard InChI is InChI=1S/C18H23N3O2S/c1-2-20-12-15-6-4-3-5-14(15)11-16(20)18(23)21(8-9-22)13-17-19-7-10-24-17/h3-7,10,16,22H,2,8-9,11-13H2,1H3/t16-/m1/s1. The van der Waals surface area contributed by atoms with E-state index in [2.05, 4.69) is 35.0 Å². The van der Waals surface area contributed by atoms with E-state index in [1.54, 1.807) is 11.1 Å². The number of rotatable bonds is 6. The molecule has 1 amide bonds. The molecule has 128 valence electrons. The lowest BCUT2D eigenvalue weighted by molar-refractivity contribution is -0.138. The predicted molar refractivity (Wildman–Crippen MR) is 94.6 cm³/mol. The van der Waals surface area contributed by atoms with Crippen LogP contribution in [0.2, 0.25) is 0 Å². The van der Waals surface area contributed by atoms with Crippen molar-refractivity contribution in [2.45, 2.75) is 32.5 Å². The summed E-state index contributed by atoms with van der Waals surface area (Å²) < 4.78 is 0. The monoisotopic (exact) mass is 345 g/mol. The van der Waals surface area contributed by atoms with Crippen LogP contribution >= 0.6 is 11.3 Å². The van der Waals surface area contributed by atoms with Crippen LogP contribution < -0.4 is 0 Å². The number of thiazole rings is 1. The largest absolute Gasteiger partial charge is 0.395 e. The van der Waals surface area contributed by atoms with Crippen molar-refractivity contribution < 1.29 is 9.90 Å². The number of aromatic nitrogens is 1. The summed E-state index contributed by atoms with van der Waals surface area (Å²) in [5.74, 6) is 0.0793. The Bertz CT molecular complexity index is 675. The quantitative estimate of drug-likeness (QED) is 0.869. The van der Waals surface area contributed by atoms with Gasteiger partial charge in [-0.05, 0) is 24.1 Å². The van der Waals surface area contributed by atoms with Crippen molar-refractivity contribution in [2.75, 3.05) is 19.7 Å². The van der Waals surface area contributed by atoms with Gasteiger partial charge < -0.3 is 10.0 Å². The van der Waals surface area contributed by atoms with Gasteiger partial charge in [0, 0.05) is 24.7 Å². The first-order valence-electron chi connectivity index (χ1n) is 8.31. The number of carbonyl (C=O) groups excluding carboxylic acids is 1. The summed E-state index contributed by atoms with van der Waals surface area (Å²) in [5.41, 5.74) is 2.55. The lowest BCUT2D eigenvalue weighted by atomic mass is 9.93. The number of aliphatic hydroxyl groups is 1. The molecule has 6 heteroatoms. The van der Waals surface area contributed by atoms with Crippen molar-refractivity contribution in [3.8, 4) is 0 Å². The Balaban J connectivity index is 1.80. The van der Waals surface area contributed by atoms with Gasteiger partial charge >= 0.3 is 0 Å². The number of fused-ring (bicyclic) bond motifs is 1. The summed E-state index contributed by atoms with van der Waals surface area (Å²) in [6.45, 7) is 4.49. The zero-order valence-corrected chi connectivity index (χ0v) is 14.7. The van der Waals surface area contributed by atoms with Gasteiger partial charge in [-0.1, -0.05) is 31.2 Å². The van der Waals surface area contributed by atoms with E-state index in [4.69, 9.17) is 0 Å². The molecule has 0 aliphatic carbocycles. The zero-order valence-electron chi connectivity index (χ0n) is 13.9. The molecule has 0 radical (unpaired) electrons. The summed E-state index contributed by atoms with van der Waals surface area (Å²) in [4.78, 5) is 21.4. The van der Waals surface area contributed by atoms with Crippen LogP contribution in [0.4, 0.5) is 0 Å². The van der Waals surface area contributed by atoms with Crippen LogP contribution in [0.3, 0.4) is 0 Å². The highest BCUT2D eigenvalue weighted by atomic mass is 32.1. The molecule has 1 aliphatic rings. The molecule has 0 fully saturated rings. The second-order valence-electron chi connectivity index (χ2n) is 5.96. The summed E-state index contributed by atoms with van der Waals surface area (Å²) in [6.07, 6.45) is 2.47. The minimum Gasteiger partial charge on any atom is -0.395 e. The molecular weight excluding hydrogens is 322 g/mol. The van der Waals surface area contributed by atoms with Crippen molar-refractivity contribution in [1.29, 1.82) is 0 Å². The van der Waals surface area contributed by atoms with E-state index >= 15 is 0 Å². The average molecular weight is 345 g/mol. The van der Waals surface area contributed by atoms with Gasteiger partial charge in [-0.15, -0.1) is 11.3 Å². The average Bonchev–Trinajstić information content (AvgIpc) is 3.12. The molecule has 2 aromatic rings. The van der Waals surface area contributed by atoms with Gasteiger partial charge in [-0.3, -0.25) is 9.69 Å². The Kier molecular flexibility index (Phi) is 5.60. The highest BCUT2D eigenvalue weighted by Crippen LogP contribution is 2.24. The Morgan fingerprint density at radius 1 is 1.42 bits per heavy atom. The Morgan fingerprint density at radius 3 is 2.88 bits per heavy atom. The number of nitrogens with zero attached hydrogens (tertiary/aromatic N) is 3. The molecular formula is C18H23N3O2S. The fourth-order valence-corrected chi connectivity index (χ4v) is 3.88. The van der Waals surface area contributed by atoms with Gasteiger partial charge in [-0.25, -0.2) is 4.98 Å². The SMILES string of the molecule is CCN1Cc2ccccc2C[C@@H]1C(=O)N(CCO)Cc1nccs1. The molecule has 24 heavy (non-hydrogen) atoms. The van der Waals surface area contributed by atoms with Crippen molar-refractivity contribution in [3.05, 3.63) is 52.0 Å². The number of carbonyl (C=O) groups is 1. The van der Waals surface area contributed by atoms with Crippen LogP contribution in [0, 0.1) is 0 Å². The van der Waals surface area contributed by atoms with Crippen LogP contribution in [0.5, 0.6) is 0 Å². The summed E-state index contributed by atoms with van der Waals surface area (Å²) in [5, 5.41) is 12.2. The smallest absolute Gasteiger partial charge is 0.240 e.